The largest absolute Gasteiger partial charge is 0.339 e. The highest BCUT2D eigenvalue weighted by molar-refractivity contribution is 6.35. The van der Waals surface area contributed by atoms with Gasteiger partial charge >= 0.3 is 0 Å². The Hall–Kier alpha value is -0.990. The first-order chi connectivity index (χ1) is 9.06. The average molecular weight is 298 g/mol. The smallest absolute Gasteiger partial charge is 0.246 e. The summed E-state index contributed by atoms with van der Waals surface area (Å²) < 4.78 is 0. The van der Waals surface area contributed by atoms with Crippen molar-refractivity contribution in [2.75, 3.05) is 13.1 Å². The summed E-state index contributed by atoms with van der Waals surface area (Å²) in [4.78, 5) is 13.9. The number of piperidine rings is 1. The Balaban J connectivity index is 2.00. The van der Waals surface area contributed by atoms with E-state index in [1.54, 1.807) is 24.3 Å². The van der Waals surface area contributed by atoms with Gasteiger partial charge in [0.05, 0.1) is 0 Å². The van der Waals surface area contributed by atoms with Gasteiger partial charge in [0.2, 0.25) is 5.91 Å². The van der Waals surface area contributed by atoms with Gasteiger partial charge in [0, 0.05) is 29.2 Å². The molecule has 0 unspecified atom stereocenters. The van der Waals surface area contributed by atoms with E-state index in [4.69, 9.17) is 23.2 Å². The Bertz CT molecular complexity index is 491. The zero-order valence-corrected chi connectivity index (χ0v) is 12.4. The third kappa shape index (κ3) is 3.99. The first kappa shape index (κ1) is 14.4. The van der Waals surface area contributed by atoms with Crippen molar-refractivity contribution in [2.24, 2.45) is 5.92 Å². The minimum absolute atomic E-state index is 0.0536. The van der Waals surface area contributed by atoms with Crippen molar-refractivity contribution in [3.05, 3.63) is 39.9 Å². The maximum absolute atomic E-state index is 12.0. The highest BCUT2D eigenvalue weighted by atomic mass is 35.5. The number of likely N-dealkylation sites (tertiary alicyclic amines) is 1. The van der Waals surface area contributed by atoms with Crippen LogP contribution in [0.25, 0.3) is 6.08 Å². The van der Waals surface area contributed by atoms with Crippen molar-refractivity contribution < 1.29 is 4.79 Å². The normalized spacial score (nSPS) is 17.1. The molecular weight excluding hydrogens is 281 g/mol. The first-order valence-corrected chi connectivity index (χ1v) is 7.24. The van der Waals surface area contributed by atoms with E-state index < -0.39 is 0 Å². The van der Waals surface area contributed by atoms with Gasteiger partial charge in [-0.2, -0.15) is 0 Å². The molecule has 1 fully saturated rings. The van der Waals surface area contributed by atoms with E-state index in [0.29, 0.717) is 10.0 Å². The molecule has 1 heterocycles. The van der Waals surface area contributed by atoms with E-state index in [0.717, 1.165) is 37.4 Å². The fraction of sp³-hybridized carbons (Fsp3) is 0.400. The Morgan fingerprint density at radius 2 is 2.00 bits per heavy atom. The molecule has 0 N–H and O–H groups in total. The van der Waals surface area contributed by atoms with Gasteiger partial charge in [-0.3, -0.25) is 4.79 Å². The van der Waals surface area contributed by atoms with Crippen molar-refractivity contribution in [3.63, 3.8) is 0 Å². The third-order valence-electron chi connectivity index (χ3n) is 3.46. The summed E-state index contributed by atoms with van der Waals surface area (Å²) in [6.07, 6.45) is 5.51. The first-order valence-electron chi connectivity index (χ1n) is 6.48. The van der Waals surface area contributed by atoms with E-state index >= 15 is 0 Å². The second kappa shape index (κ2) is 6.44. The van der Waals surface area contributed by atoms with Gasteiger partial charge in [0.25, 0.3) is 0 Å². The summed E-state index contributed by atoms with van der Waals surface area (Å²) in [6.45, 7) is 3.92. The molecule has 0 aliphatic carbocycles. The average Bonchev–Trinajstić information content (AvgIpc) is 2.38. The third-order valence-corrected chi connectivity index (χ3v) is 4.03. The summed E-state index contributed by atoms with van der Waals surface area (Å²) in [6, 6.07) is 5.25. The van der Waals surface area contributed by atoms with Crippen molar-refractivity contribution in [3.8, 4) is 0 Å². The number of hydrogen-bond acceptors (Lipinski definition) is 1. The Kier molecular flexibility index (Phi) is 4.89. The van der Waals surface area contributed by atoms with E-state index in [1.165, 1.54) is 0 Å². The van der Waals surface area contributed by atoms with Gasteiger partial charge in [0.1, 0.15) is 0 Å². The van der Waals surface area contributed by atoms with Crippen LogP contribution in [-0.2, 0) is 4.79 Å². The zero-order valence-electron chi connectivity index (χ0n) is 10.9. The monoisotopic (exact) mass is 297 g/mol. The molecular formula is C15H17Cl2NO. The van der Waals surface area contributed by atoms with Crippen LogP contribution in [0.2, 0.25) is 10.0 Å². The topological polar surface area (TPSA) is 20.3 Å². The molecule has 1 aromatic rings. The summed E-state index contributed by atoms with van der Waals surface area (Å²) in [5.41, 5.74) is 0.810. The van der Waals surface area contributed by atoms with Gasteiger partial charge in [-0.1, -0.05) is 36.2 Å². The number of carbonyl (C=O) groups is 1. The number of halogens is 2. The van der Waals surface area contributed by atoms with Crippen LogP contribution in [-0.4, -0.2) is 23.9 Å². The van der Waals surface area contributed by atoms with E-state index in [9.17, 15) is 4.79 Å². The minimum Gasteiger partial charge on any atom is -0.339 e. The molecule has 1 aliphatic heterocycles. The minimum atomic E-state index is 0.0536. The van der Waals surface area contributed by atoms with Gasteiger partial charge < -0.3 is 4.90 Å². The quantitative estimate of drug-likeness (QED) is 0.747. The molecule has 102 valence electrons. The van der Waals surface area contributed by atoms with Gasteiger partial charge in [-0.15, -0.1) is 0 Å². The second-order valence-electron chi connectivity index (χ2n) is 5.01. The van der Waals surface area contributed by atoms with Crippen molar-refractivity contribution in [1.29, 1.82) is 0 Å². The standard InChI is InChI=1S/C15H17Cl2NO/c1-11-6-8-18(9-7-11)15(19)5-3-12-2-4-13(16)10-14(12)17/h2-5,10-11H,6-9H2,1H3. The molecule has 0 spiro atoms. The van der Waals surface area contributed by atoms with E-state index in [2.05, 4.69) is 6.92 Å². The van der Waals surface area contributed by atoms with Crippen molar-refractivity contribution in [1.82, 2.24) is 4.90 Å². The molecule has 1 saturated heterocycles. The highest BCUT2D eigenvalue weighted by Gasteiger charge is 2.18. The fourth-order valence-electron chi connectivity index (χ4n) is 2.13. The number of carbonyl (C=O) groups excluding carboxylic acids is 1. The molecule has 0 saturated carbocycles. The molecule has 0 radical (unpaired) electrons. The predicted octanol–water partition coefficient (Wildman–Crippen LogP) is 4.27. The Morgan fingerprint density at radius 3 is 2.63 bits per heavy atom. The van der Waals surface area contributed by atoms with Crippen LogP contribution in [0.5, 0.6) is 0 Å². The molecule has 1 aromatic carbocycles. The van der Waals surface area contributed by atoms with Crippen LogP contribution in [0.3, 0.4) is 0 Å². The lowest BCUT2D eigenvalue weighted by atomic mass is 9.99. The van der Waals surface area contributed by atoms with Crippen LogP contribution >= 0.6 is 23.2 Å². The van der Waals surface area contributed by atoms with Crippen molar-refractivity contribution in [2.45, 2.75) is 19.8 Å². The van der Waals surface area contributed by atoms with Crippen LogP contribution in [0.1, 0.15) is 25.3 Å². The molecule has 19 heavy (non-hydrogen) atoms. The van der Waals surface area contributed by atoms with Gasteiger partial charge in [0.15, 0.2) is 0 Å². The number of amides is 1. The lowest BCUT2D eigenvalue weighted by molar-refractivity contribution is -0.127. The summed E-state index contributed by atoms with van der Waals surface area (Å²) >= 11 is 11.9. The van der Waals surface area contributed by atoms with Crippen LogP contribution in [0, 0.1) is 5.92 Å². The Morgan fingerprint density at radius 1 is 1.32 bits per heavy atom. The molecule has 0 atom stereocenters. The van der Waals surface area contributed by atoms with Gasteiger partial charge in [-0.05, 0) is 42.5 Å². The molecule has 1 amide bonds. The number of rotatable bonds is 2. The summed E-state index contributed by atoms with van der Waals surface area (Å²) in [5, 5.41) is 1.15. The molecule has 2 rings (SSSR count). The number of hydrogen-bond donors (Lipinski definition) is 0. The second-order valence-corrected chi connectivity index (χ2v) is 5.85. The predicted molar refractivity (Wildman–Crippen MR) is 80.5 cm³/mol. The maximum atomic E-state index is 12.0. The molecule has 2 nitrogen and oxygen atoms in total. The van der Waals surface area contributed by atoms with E-state index in [1.807, 2.05) is 11.0 Å². The SMILES string of the molecule is CC1CCN(C(=O)C=Cc2ccc(Cl)cc2Cl)CC1. The number of nitrogens with zero attached hydrogens (tertiary/aromatic N) is 1. The summed E-state index contributed by atoms with van der Waals surface area (Å²) in [5.74, 6) is 0.775. The van der Waals surface area contributed by atoms with Crippen LogP contribution in [0.4, 0.5) is 0 Å². The zero-order chi connectivity index (χ0) is 13.8. The maximum Gasteiger partial charge on any atom is 0.246 e. The van der Waals surface area contributed by atoms with Crippen LogP contribution < -0.4 is 0 Å². The Labute approximate surface area is 124 Å². The van der Waals surface area contributed by atoms with Crippen LogP contribution in [0.15, 0.2) is 24.3 Å². The molecule has 4 heteroatoms. The highest BCUT2D eigenvalue weighted by Crippen LogP contribution is 2.22. The lowest BCUT2D eigenvalue weighted by Crippen LogP contribution is -2.36. The lowest BCUT2D eigenvalue weighted by Gasteiger charge is -2.29. The van der Waals surface area contributed by atoms with Crippen molar-refractivity contribution >= 4 is 35.2 Å². The molecule has 0 aromatic heterocycles. The summed E-state index contributed by atoms with van der Waals surface area (Å²) in [7, 11) is 0. The molecule has 1 aliphatic rings. The fourth-order valence-corrected chi connectivity index (χ4v) is 2.60. The van der Waals surface area contributed by atoms with E-state index in [-0.39, 0.29) is 5.91 Å². The molecule has 0 bridgehead atoms. The van der Waals surface area contributed by atoms with Gasteiger partial charge in [-0.25, -0.2) is 0 Å². The number of benzene rings is 1.